The van der Waals surface area contributed by atoms with Gasteiger partial charge in [0, 0.05) is 19.7 Å². The Hall–Kier alpha value is -1.35. The standard InChI is InChI=1S/C12H18N2O/c1-4-11(15-3)9-5-7-10(8-6-9)12(13)14-2/h5-8,11H,4H2,1-3H3,(H2,13,14). The molecule has 0 aliphatic heterocycles. The van der Waals surface area contributed by atoms with Crippen molar-refractivity contribution in [3.63, 3.8) is 0 Å². The number of methoxy groups -OCH3 is 1. The highest BCUT2D eigenvalue weighted by molar-refractivity contribution is 5.97. The van der Waals surface area contributed by atoms with Crippen LogP contribution in [0, 0.1) is 0 Å². The van der Waals surface area contributed by atoms with E-state index in [-0.39, 0.29) is 6.10 Å². The van der Waals surface area contributed by atoms with Crippen molar-refractivity contribution >= 4 is 5.84 Å². The van der Waals surface area contributed by atoms with Gasteiger partial charge in [-0.2, -0.15) is 0 Å². The van der Waals surface area contributed by atoms with Gasteiger partial charge in [-0.15, -0.1) is 0 Å². The number of hydrogen-bond acceptors (Lipinski definition) is 2. The highest BCUT2D eigenvalue weighted by Gasteiger charge is 2.07. The first-order valence-corrected chi connectivity index (χ1v) is 5.08. The number of ether oxygens (including phenoxy) is 1. The Morgan fingerprint density at radius 2 is 2.00 bits per heavy atom. The molecule has 1 aromatic rings. The van der Waals surface area contributed by atoms with Gasteiger partial charge in [0.1, 0.15) is 5.84 Å². The number of benzene rings is 1. The third kappa shape index (κ3) is 2.80. The molecule has 1 rings (SSSR count). The predicted octanol–water partition coefficient (Wildman–Crippen LogP) is 2.12. The van der Waals surface area contributed by atoms with E-state index in [1.165, 1.54) is 5.56 Å². The molecule has 0 bridgehead atoms. The van der Waals surface area contributed by atoms with Crippen molar-refractivity contribution in [3.8, 4) is 0 Å². The molecule has 82 valence electrons. The molecular formula is C12H18N2O. The first kappa shape index (κ1) is 11.7. The summed E-state index contributed by atoms with van der Waals surface area (Å²) in [6, 6.07) is 8.01. The summed E-state index contributed by atoms with van der Waals surface area (Å²) in [6.07, 6.45) is 1.13. The third-order valence-electron chi connectivity index (χ3n) is 2.47. The van der Waals surface area contributed by atoms with Crippen LogP contribution in [0.3, 0.4) is 0 Å². The molecule has 15 heavy (non-hydrogen) atoms. The molecule has 0 amide bonds. The maximum Gasteiger partial charge on any atom is 0.125 e. The fourth-order valence-corrected chi connectivity index (χ4v) is 1.54. The number of amidine groups is 1. The summed E-state index contributed by atoms with van der Waals surface area (Å²) in [5.74, 6) is 0.562. The monoisotopic (exact) mass is 206 g/mol. The molecular weight excluding hydrogens is 188 g/mol. The molecule has 2 N–H and O–H groups in total. The summed E-state index contributed by atoms with van der Waals surface area (Å²) in [7, 11) is 3.41. The van der Waals surface area contributed by atoms with Gasteiger partial charge in [-0.3, -0.25) is 4.99 Å². The van der Waals surface area contributed by atoms with Crippen LogP contribution in [-0.4, -0.2) is 20.0 Å². The summed E-state index contributed by atoms with van der Waals surface area (Å²) >= 11 is 0. The highest BCUT2D eigenvalue weighted by atomic mass is 16.5. The van der Waals surface area contributed by atoms with Crippen LogP contribution in [0.4, 0.5) is 0 Å². The van der Waals surface area contributed by atoms with Crippen molar-refractivity contribution in [2.45, 2.75) is 19.4 Å². The van der Waals surface area contributed by atoms with Crippen molar-refractivity contribution in [1.82, 2.24) is 0 Å². The highest BCUT2D eigenvalue weighted by Crippen LogP contribution is 2.20. The Morgan fingerprint density at radius 1 is 1.40 bits per heavy atom. The fourth-order valence-electron chi connectivity index (χ4n) is 1.54. The van der Waals surface area contributed by atoms with Gasteiger partial charge in [0.15, 0.2) is 0 Å². The molecule has 1 unspecified atom stereocenters. The average molecular weight is 206 g/mol. The molecule has 0 fully saturated rings. The van der Waals surface area contributed by atoms with Crippen molar-refractivity contribution in [3.05, 3.63) is 35.4 Å². The molecule has 0 aliphatic rings. The van der Waals surface area contributed by atoms with Gasteiger partial charge in [0.25, 0.3) is 0 Å². The molecule has 3 nitrogen and oxygen atoms in total. The van der Waals surface area contributed by atoms with Gasteiger partial charge in [0.2, 0.25) is 0 Å². The van der Waals surface area contributed by atoms with Crippen LogP contribution in [0.25, 0.3) is 0 Å². The summed E-state index contributed by atoms with van der Waals surface area (Å²) in [5, 5.41) is 0. The van der Waals surface area contributed by atoms with Crippen LogP contribution in [0.1, 0.15) is 30.6 Å². The first-order valence-electron chi connectivity index (χ1n) is 5.08. The second-order valence-electron chi connectivity index (χ2n) is 3.36. The summed E-state index contributed by atoms with van der Waals surface area (Å²) in [6.45, 7) is 2.10. The maximum atomic E-state index is 5.70. The molecule has 0 aliphatic carbocycles. The Kier molecular flexibility index (Phi) is 4.31. The molecule has 0 spiro atoms. The van der Waals surface area contributed by atoms with Crippen molar-refractivity contribution in [2.75, 3.05) is 14.2 Å². The smallest absolute Gasteiger partial charge is 0.125 e. The molecule has 0 aromatic heterocycles. The van der Waals surface area contributed by atoms with Gasteiger partial charge < -0.3 is 10.5 Å². The lowest BCUT2D eigenvalue weighted by Crippen LogP contribution is -2.13. The number of nitrogens with zero attached hydrogens (tertiary/aromatic N) is 1. The average Bonchev–Trinajstić information content (AvgIpc) is 2.30. The lowest BCUT2D eigenvalue weighted by molar-refractivity contribution is 0.100. The van der Waals surface area contributed by atoms with Gasteiger partial charge in [-0.05, 0) is 12.0 Å². The van der Waals surface area contributed by atoms with E-state index in [0.717, 1.165) is 12.0 Å². The lowest BCUT2D eigenvalue weighted by Gasteiger charge is -2.13. The van der Waals surface area contributed by atoms with Gasteiger partial charge in [-0.1, -0.05) is 31.2 Å². The van der Waals surface area contributed by atoms with E-state index in [4.69, 9.17) is 10.5 Å². The number of aliphatic imine (C=N–C) groups is 1. The van der Waals surface area contributed by atoms with Crippen LogP contribution in [0.5, 0.6) is 0 Å². The SMILES string of the molecule is CCC(OC)c1ccc(C(N)=NC)cc1. The molecule has 0 saturated carbocycles. The van der Waals surface area contributed by atoms with Gasteiger partial charge in [0.05, 0.1) is 6.10 Å². The van der Waals surface area contributed by atoms with E-state index in [9.17, 15) is 0 Å². The van der Waals surface area contributed by atoms with Crippen LogP contribution in [0.15, 0.2) is 29.3 Å². The fraction of sp³-hybridized carbons (Fsp3) is 0.417. The van der Waals surface area contributed by atoms with Gasteiger partial charge in [-0.25, -0.2) is 0 Å². The normalized spacial score (nSPS) is 13.9. The van der Waals surface area contributed by atoms with Crippen LogP contribution in [-0.2, 0) is 4.74 Å². The second kappa shape index (κ2) is 5.51. The Bertz CT molecular complexity index is 326. The van der Waals surface area contributed by atoms with Crippen molar-refractivity contribution < 1.29 is 4.74 Å². The summed E-state index contributed by atoms with van der Waals surface area (Å²) < 4.78 is 5.35. The van der Waals surface area contributed by atoms with E-state index in [0.29, 0.717) is 5.84 Å². The van der Waals surface area contributed by atoms with Crippen molar-refractivity contribution in [2.24, 2.45) is 10.7 Å². The topological polar surface area (TPSA) is 47.6 Å². The minimum Gasteiger partial charge on any atom is -0.384 e. The number of nitrogens with two attached hydrogens (primary N) is 1. The quantitative estimate of drug-likeness (QED) is 0.606. The largest absolute Gasteiger partial charge is 0.384 e. The van der Waals surface area contributed by atoms with E-state index >= 15 is 0 Å². The van der Waals surface area contributed by atoms with Crippen molar-refractivity contribution in [1.29, 1.82) is 0 Å². The molecule has 0 saturated heterocycles. The molecule has 0 radical (unpaired) electrons. The number of hydrogen-bond donors (Lipinski definition) is 1. The Morgan fingerprint density at radius 3 is 2.40 bits per heavy atom. The first-order chi connectivity index (χ1) is 7.22. The zero-order valence-corrected chi connectivity index (χ0v) is 9.53. The van der Waals surface area contributed by atoms with Crippen LogP contribution >= 0.6 is 0 Å². The van der Waals surface area contributed by atoms with Crippen LogP contribution < -0.4 is 5.73 Å². The second-order valence-corrected chi connectivity index (χ2v) is 3.36. The van der Waals surface area contributed by atoms with E-state index in [2.05, 4.69) is 11.9 Å². The van der Waals surface area contributed by atoms with Gasteiger partial charge >= 0.3 is 0 Å². The Balaban J connectivity index is 2.89. The zero-order chi connectivity index (χ0) is 11.3. The molecule has 1 atom stereocenters. The minimum atomic E-state index is 0.166. The van der Waals surface area contributed by atoms with E-state index in [1.54, 1.807) is 14.2 Å². The molecule has 3 heteroatoms. The predicted molar refractivity (Wildman–Crippen MR) is 63.1 cm³/mol. The molecule has 0 heterocycles. The van der Waals surface area contributed by atoms with E-state index in [1.807, 2.05) is 24.3 Å². The summed E-state index contributed by atoms with van der Waals surface area (Å²) in [4.78, 5) is 3.94. The third-order valence-corrected chi connectivity index (χ3v) is 2.47. The minimum absolute atomic E-state index is 0.166. The summed E-state index contributed by atoms with van der Waals surface area (Å²) in [5.41, 5.74) is 7.83. The number of rotatable bonds is 4. The maximum absolute atomic E-state index is 5.70. The zero-order valence-electron chi connectivity index (χ0n) is 9.53. The Labute approximate surface area is 91.0 Å². The lowest BCUT2D eigenvalue weighted by atomic mass is 10.0. The van der Waals surface area contributed by atoms with Crippen LogP contribution in [0.2, 0.25) is 0 Å². The van der Waals surface area contributed by atoms with E-state index < -0.39 is 0 Å². The molecule has 1 aromatic carbocycles.